The molecular weight excluding hydrogens is 366 g/mol. The molecule has 2 fully saturated rings. The van der Waals surface area contributed by atoms with Gasteiger partial charge in [-0.05, 0) is 62.5 Å². The van der Waals surface area contributed by atoms with Crippen molar-refractivity contribution >= 4 is 5.96 Å². The third kappa shape index (κ3) is 8.23. The zero-order chi connectivity index (χ0) is 20.3. The van der Waals surface area contributed by atoms with E-state index in [9.17, 15) is 0 Å². The van der Waals surface area contributed by atoms with Crippen molar-refractivity contribution in [2.75, 3.05) is 46.6 Å². The fraction of sp³-hybridized carbons (Fsp3) is 0.696. The van der Waals surface area contributed by atoms with Gasteiger partial charge in [0.15, 0.2) is 5.96 Å². The molecule has 0 unspecified atom stereocenters. The van der Waals surface area contributed by atoms with Crippen LogP contribution in [-0.2, 0) is 16.0 Å². The van der Waals surface area contributed by atoms with Gasteiger partial charge in [-0.15, -0.1) is 0 Å². The van der Waals surface area contributed by atoms with Crippen molar-refractivity contribution in [2.24, 2.45) is 16.8 Å². The van der Waals surface area contributed by atoms with Crippen LogP contribution in [0.3, 0.4) is 0 Å². The Balaban J connectivity index is 1.32. The number of nitrogens with zero attached hydrogens (tertiary/aromatic N) is 1. The van der Waals surface area contributed by atoms with E-state index in [0.29, 0.717) is 12.5 Å². The molecule has 0 atom stereocenters. The Hall–Kier alpha value is -1.79. The van der Waals surface area contributed by atoms with Gasteiger partial charge in [-0.2, -0.15) is 0 Å². The van der Waals surface area contributed by atoms with E-state index in [-0.39, 0.29) is 0 Å². The highest BCUT2D eigenvalue weighted by atomic mass is 16.5. The number of aliphatic imine (C=N–C) groups is 1. The number of ether oxygens (including phenoxy) is 3. The van der Waals surface area contributed by atoms with Gasteiger partial charge in [0, 0.05) is 52.1 Å². The SMILES string of the molecule is CN=C(NCCCOCC1CCOCC1)NCc1ccc(C)cc1OCC1CC1. The van der Waals surface area contributed by atoms with Gasteiger partial charge >= 0.3 is 0 Å². The summed E-state index contributed by atoms with van der Waals surface area (Å²) >= 11 is 0. The van der Waals surface area contributed by atoms with Crippen LogP contribution in [0.4, 0.5) is 0 Å². The zero-order valence-corrected chi connectivity index (χ0v) is 18.0. The van der Waals surface area contributed by atoms with Crippen molar-refractivity contribution in [2.45, 2.75) is 45.6 Å². The molecule has 2 N–H and O–H groups in total. The van der Waals surface area contributed by atoms with Gasteiger partial charge in [0.2, 0.25) is 0 Å². The molecule has 1 aliphatic carbocycles. The molecule has 1 aromatic rings. The third-order valence-electron chi connectivity index (χ3n) is 5.52. The predicted molar refractivity (Wildman–Crippen MR) is 117 cm³/mol. The second-order valence-electron chi connectivity index (χ2n) is 8.20. The molecule has 6 nitrogen and oxygen atoms in total. The first-order chi connectivity index (χ1) is 14.2. The van der Waals surface area contributed by atoms with E-state index in [4.69, 9.17) is 14.2 Å². The van der Waals surface area contributed by atoms with Crippen LogP contribution in [0, 0.1) is 18.8 Å². The summed E-state index contributed by atoms with van der Waals surface area (Å²) in [4.78, 5) is 4.32. The minimum absolute atomic E-state index is 0.664. The summed E-state index contributed by atoms with van der Waals surface area (Å²) in [6, 6.07) is 6.40. The van der Waals surface area contributed by atoms with Gasteiger partial charge in [-0.1, -0.05) is 12.1 Å². The van der Waals surface area contributed by atoms with Crippen LogP contribution in [0.5, 0.6) is 5.75 Å². The summed E-state index contributed by atoms with van der Waals surface area (Å²) in [6.07, 6.45) is 5.81. The Labute approximate surface area is 175 Å². The van der Waals surface area contributed by atoms with Crippen LogP contribution in [0.2, 0.25) is 0 Å². The number of hydrogen-bond donors (Lipinski definition) is 2. The Morgan fingerprint density at radius 1 is 1.10 bits per heavy atom. The Morgan fingerprint density at radius 2 is 1.90 bits per heavy atom. The van der Waals surface area contributed by atoms with E-state index in [0.717, 1.165) is 76.5 Å². The number of benzene rings is 1. The second kappa shape index (κ2) is 12.0. The molecule has 1 saturated carbocycles. The van der Waals surface area contributed by atoms with Gasteiger partial charge < -0.3 is 24.8 Å². The summed E-state index contributed by atoms with van der Waals surface area (Å²) in [7, 11) is 1.80. The molecule has 0 spiro atoms. The van der Waals surface area contributed by atoms with E-state index < -0.39 is 0 Å². The van der Waals surface area contributed by atoms with Crippen molar-refractivity contribution in [3.05, 3.63) is 29.3 Å². The number of rotatable bonds is 11. The highest BCUT2D eigenvalue weighted by Gasteiger charge is 2.22. The molecule has 1 aromatic carbocycles. The smallest absolute Gasteiger partial charge is 0.191 e. The maximum Gasteiger partial charge on any atom is 0.191 e. The van der Waals surface area contributed by atoms with Crippen molar-refractivity contribution in [3.63, 3.8) is 0 Å². The lowest BCUT2D eigenvalue weighted by atomic mass is 10.0. The number of aryl methyl sites for hydroxylation is 1. The lowest BCUT2D eigenvalue weighted by Gasteiger charge is -2.21. The van der Waals surface area contributed by atoms with Crippen molar-refractivity contribution in [1.29, 1.82) is 0 Å². The fourth-order valence-corrected chi connectivity index (χ4v) is 3.38. The topological polar surface area (TPSA) is 64.1 Å². The summed E-state index contributed by atoms with van der Waals surface area (Å²) < 4.78 is 17.3. The summed E-state index contributed by atoms with van der Waals surface area (Å²) in [6.45, 7) is 7.86. The normalized spacial score (nSPS) is 17.9. The molecule has 162 valence electrons. The average Bonchev–Trinajstić information content (AvgIpc) is 3.57. The van der Waals surface area contributed by atoms with E-state index >= 15 is 0 Å². The Morgan fingerprint density at radius 3 is 2.66 bits per heavy atom. The Bertz CT molecular complexity index is 640. The van der Waals surface area contributed by atoms with Crippen LogP contribution in [0.15, 0.2) is 23.2 Å². The maximum atomic E-state index is 6.06. The molecule has 2 aliphatic rings. The highest BCUT2D eigenvalue weighted by Crippen LogP contribution is 2.30. The van der Waals surface area contributed by atoms with Crippen molar-refractivity contribution in [1.82, 2.24) is 10.6 Å². The largest absolute Gasteiger partial charge is 0.493 e. The fourth-order valence-electron chi connectivity index (χ4n) is 3.38. The van der Waals surface area contributed by atoms with E-state index in [1.807, 2.05) is 0 Å². The predicted octanol–water partition coefficient (Wildman–Crippen LogP) is 3.28. The maximum absolute atomic E-state index is 6.06. The summed E-state index contributed by atoms with van der Waals surface area (Å²) in [5, 5.41) is 6.76. The minimum atomic E-state index is 0.664. The molecule has 1 saturated heterocycles. The molecule has 6 heteroatoms. The molecule has 0 amide bonds. The minimum Gasteiger partial charge on any atom is -0.493 e. The molecule has 1 aliphatic heterocycles. The molecule has 0 aromatic heterocycles. The lowest BCUT2D eigenvalue weighted by molar-refractivity contribution is 0.0203. The van der Waals surface area contributed by atoms with Crippen molar-refractivity contribution in [3.8, 4) is 5.75 Å². The van der Waals surface area contributed by atoms with Crippen LogP contribution < -0.4 is 15.4 Å². The standard InChI is InChI=1S/C23H37N3O3/c1-18-4-7-21(22(14-18)29-17-19-5-6-19)15-26-23(24-2)25-10-3-11-28-16-20-8-12-27-13-9-20/h4,7,14,19-20H,3,5-6,8-13,15-17H2,1-2H3,(H2,24,25,26). The van der Waals surface area contributed by atoms with E-state index in [2.05, 4.69) is 40.7 Å². The van der Waals surface area contributed by atoms with Gasteiger partial charge in [-0.3, -0.25) is 4.99 Å². The summed E-state index contributed by atoms with van der Waals surface area (Å²) in [5.74, 6) is 3.21. The summed E-state index contributed by atoms with van der Waals surface area (Å²) in [5.41, 5.74) is 2.39. The molecule has 1 heterocycles. The average molecular weight is 404 g/mol. The number of nitrogens with one attached hydrogen (secondary N) is 2. The van der Waals surface area contributed by atoms with Gasteiger partial charge in [-0.25, -0.2) is 0 Å². The molecule has 3 rings (SSSR count). The lowest BCUT2D eigenvalue weighted by Crippen LogP contribution is -2.37. The second-order valence-corrected chi connectivity index (χ2v) is 8.20. The molecule has 0 radical (unpaired) electrons. The number of guanidine groups is 1. The first kappa shape index (κ1) is 21.9. The van der Waals surface area contributed by atoms with Crippen LogP contribution in [0.1, 0.15) is 43.2 Å². The van der Waals surface area contributed by atoms with Crippen LogP contribution in [-0.4, -0.2) is 52.6 Å². The monoisotopic (exact) mass is 403 g/mol. The number of hydrogen-bond acceptors (Lipinski definition) is 4. The van der Waals surface area contributed by atoms with Gasteiger partial charge in [0.1, 0.15) is 5.75 Å². The van der Waals surface area contributed by atoms with Gasteiger partial charge in [0.25, 0.3) is 0 Å². The van der Waals surface area contributed by atoms with Crippen LogP contribution in [0.25, 0.3) is 0 Å². The van der Waals surface area contributed by atoms with E-state index in [1.165, 1.54) is 24.0 Å². The van der Waals surface area contributed by atoms with E-state index in [1.54, 1.807) is 7.05 Å². The quantitative estimate of drug-likeness (QED) is 0.337. The van der Waals surface area contributed by atoms with Crippen molar-refractivity contribution < 1.29 is 14.2 Å². The highest BCUT2D eigenvalue weighted by molar-refractivity contribution is 5.79. The Kier molecular flexibility index (Phi) is 9.09. The zero-order valence-electron chi connectivity index (χ0n) is 18.0. The molecule has 0 bridgehead atoms. The molecule has 29 heavy (non-hydrogen) atoms. The van der Waals surface area contributed by atoms with Gasteiger partial charge in [0.05, 0.1) is 6.61 Å². The first-order valence-corrected chi connectivity index (χ1v) is 11.1. The van der Waals surface area contributed by atoms with Crippen LogP contribution >= 0.6 is 0 Å². The first-order valence-electron chi connectivity index (χ1n) is 11.1. The third-order valence-corrected chi connectivity index (χ3v) is 5.52. The molecular formula is C23H37N3O3.